The first-order valence-corrected chi connectivity index (χ1v) is 6.10. The van der Waals surface area contributed by atoms with E-state index in [0.29, 0.717) is 11.4 Å². The van der Waals surface area contributed by atoms with E-state index in [1.54, 1.807) is 0 Å². The van der Waals surface area contributed by atoms with Crippen molar-refractivity contribution in [3.05, 3.63) is 16.1 Å². The van der Waals surface area contributed by atoms with E-state index in [-0.39, 0.29) is 23.6 Å². The molecular formula is C11H16N2O3S. The lowest BCUT2D eigenvalue weighted by Gasteiger charge is -2.16. The number of nitrogens with one attached hydrogen (secondary N) is 1. The van der Waals surface area contributed by atoms with Crippen LogP contribution < -0.4 is 5.32 Å². The van der Waals surface area contributed by atoms with Crippen molar-refractivity contribution >= 4 is 23.2 Å². The summed E-state index contributed by atoms with van der Waals surface area (Å²) in [6.07, 6.45) is 0.435. The quantitative estimate of drug-likeness (QED) is 0.862. The summed E-state index contributed by atoms with van der Waals surface area (Å²) in [6.45, 7) is 6.24. The molecule has 2 N–H and O–H groups in total. The van der Waals surface area contributed by atoms with Crippen LogP contribution in [0, 0.1) is 5.41 Å². The Hall–Kier alpha value is -1.43. The standard InChI is InChI=1S/C11H16N2O3S/c1-11(2,3)4-8(14)12-5-9-13-7(6-17-9)10(15)16/h6H,4-5H2,1-3H3,(H,12,14)(H,15,16). The Labute approximate surface area is 104 Å². The minimum atomic E-state index is -1.05. The number of carboxylic acids is 1. The molecule has 0 aliphatic heterocycles. The lowest BCUT2D eigenvalue weighted by atomic mass is 9.92. The lowest BCUT2D eigenvalue weighted by molar-refractivity contribution is -0.122. The molecule has 0 radical (unpaired) electrons. The van der Waals surface area contributed by atoms with E-state index in [4.69, 9.17) is 5.11 Å². The maximum absolute atomic E-state index is 11.5. The molecule has 1 rings (SSSR count). The Morgan fingerprint density at radius 1 is 1.47 bits per heavy atom. The predicted molar refractivity (Wildman–Crippen MR) is 65.0 cm³/mol. The van der Waals surface area contributed by atoms with E-state index in [9.17, 15) is 9.59 Å². The summed E-state index contributed by atoms with van der Waals surface area (Å²) >= 11 is 1.23. The minimum absolute atomic E-state index is 0.0232. The van der Waals surface area contributed by atoms with Crippen LogP contribution in [0.25, 0.3) is 0 Å². The fourth-order valence-corrected chi connectivity index (χ4v) is 1.92. The van der Waals surface area contributed by atoms with Crippen molar-refractivity contribution in [3.63, 3.8) is 0 Å². The van der Waals surface area contributed by atoms with E-state index >= 15 is 0 Å². The van der Waals surface area contributed by atoms with Crippen molar-refractivity contribution in [2.75, 3.05) is 0 Å². The fraction of sp³-hybridized carbons (Fsp3) is 0.545. The van der Waals surface area contributed by atoms with Crippen LogP contribution in [0.15, 0.2) is 5.38 Å². The van der Waals surface area contributed by atoms with Gasteiger partial charge in [0.25, 0.3) is 0 Å². The fourth-order valence-electron chi connectivity index (χ4n) is 1.21. The molecule has 1 aromatic rings. The number of aromatic carboxylic acids is 1. The van der Waals surface area contributed by atoms with Gasteiger partial charge in [0.05, 0.1) is 6.54 Å². The van der Waals surface area contributed by atoms with Crippen LogP contribution in [-0.2, 0) is 11.3 Å². The molecule has 1 heterocycles. The molecule has 0 fully saturated rings. The van der Waals surface area contributed by atoms with Gasteiger partial charge in [-0.15, -0.1) is 11.3 Å². The van der Waals surface area contributed by atoms with Gasteiger partial charge in [-0.1, -0.05) is 20.8 Å². The second kappa shape index (κ2) is 5.27. The maximum atomic E-state index is 11.5. The number of thiazole rings is 1. The second-order valence-electron chi connectivity index (χ2n) is 4.95. The SMILES string of the molecule is CC(C)(C)CC(=O)NCc1nc(C(=O)O)cs1. The summed E-state index contributed by atoms with van der Waals surface area (Å²) in [5.41, 5.74) is -0.0331. The van der Waals surface area contributed by atoms with Gasteiger partial charge in [-0.2, -0.15) is 0 Å². The molecule has 0 aromatic carbocycles. The third-order valence-electron chi connectivity index (χ3n) is 1.90. The molecule has 0 atom stereocenters. The van der Waals surface area contributed by atoms with Crippen molar-refractivity contribution in [3.8, 4) is 0 Å². The van der Waals surface area contributed by atoms with Gasteiger partial charge in [0.2, 0.25) is 5.91 Å². The highest BCUT2D eigenvalue weighted by Gasteiger charge is 2.16. The third-order valence-corrected chi connectivity index (χ3v) is 2.75. The van der Waals surface area contributed by atoms with Gasteiger partial charge in [0.1, 0.15) is 5.01 Å². The number of aromatic nitrogens is 1. The molecule has 0 aliphatic rings. The number of carbonyl (C=O) groups excluding carboxylic acids is 1. The molecule has 94 valence electrons. The van der Waals surface area contributed by atoms with E-state index < -0.39 is 5.97 Å². The number of amides is 1. The molecule has 1 aromatic heterocycles. The van der Waals surface area contributed by atoms with Crippen LogP contribution in [0.4, 0.5) is 0 Å². The van der Waals surface area contributed by atoms with Gasteiger partial charge in [-0.3, -0.25) is 4.79 Å². The van der Waals surface area contributed by atoms with Gasteiger partial charge in [-0.05, 0) is 5.41 Å². The molecule has 6 heteroatoms. The van der Waals surface area contributed by atoms with E-state index in [0.717, 1.165) is 0 Å². The molecule has 0 spiro atoms. The van der Waals surface area contributed by atoms with Gasteiger partial charge >= 0.3 is 5.97 Å². The van der Waals surface area contributed by atoms with E-state index in [1.807, 2.05) is 20.8 Å². The normalized spacial score (nSPS) is 11.2. The highest BCUT2D eigenvalue weighted by molar-refractivity contribution is 7.09. The number of hydrogen-bond donors (Lipinski definition) is 2. The monoisotopic (exact) mass is 256 g/mol. The Kier molecular flexibility index (Phi) is 4.22. The average Bonchev–Trinajstić information content (AvgIpc) is 2.60. The van der Waals surface area contributed by atoms with Crippen LogP contribution >= 0.6 is 11.3 Å². The summed E-state index contributed by atoms with van der Waals surface area (Å²) in [5, 5.41) is 13.5. The largest absolute Gasteiger partial charge is 0.476 e. The summed E-state index contributed by atoms with van der Waals surface area (Å²) in [4.78, 5) is 26.0. The zero-order chi connectivity index (χ0) is 13.1. The smallest absolute Gasteiger partial charge is 0.355 e. The average molecular weight is 256 g/mol. The first-order valence-electron chi connectivity index (χ1n) is 5.22. The molecular weight excluding hydrogens is 240 g/mol. The van der Waals surface area contributed by atoms with Crippen LogP contribution in [0.1, 0.15) is 42.7 Å². The number of hydrogen-bond acceptors (Lipinski definition) is 4. The number of carbonyl (C=O) groups is 2. The first kappa shape index (κ1) is 13.6. The van der Waals surface area contributed by atoms with E-state index in [2.05, 4.69) is 10.3 Å². The van der Waals surface area contributed by atoms with E-state index in [1.165, 1.54) is 16.7 Å². The van der Waals surface area contributed by atoms with Crippen LogP contribution in [0.5, 0.6) is 0 Å². The summed E-state index contributed by atoms with van der Waals surface area (Å²) in [6, 6.07) is 0. The van der Waals surface area contributed by atoms with Gasteiger partial charge in [0, 0.05) is 11.8 Å². The molecule has 0 saturated heterocycles. The minimum Gasteiger partial charge on any atom is -0.476 e. The molecule has 0 aliphatic carbocycles. The number of nitrogens with zero attached hydrogens (tertiary/aromatic N) is 1. The van der Waals surface area contributed by atoms with Crippen LogP contribution in [0.2, 0.25) is 0 Å². The molecule has 0 saturated carbocycles. The van der Waals surface area contributed by atoms with Crippen molar-refractivity contribution in [1.82, 2.24) is 10.3 Å². The topological polar surface area (TPSA) is 79.3 Å². The number of carboxylic acid groups (broad SMARTS) is 1. The van der Waals surface area contributed by atoms with Gasteiger partial charge < -0.3 is 10.4 Å². The van der Waals surface area contributed by atoms with Gasteiger partial charge in [-0.25, -0.2) is 9.78 Å². The Morgan fingerprint density at radius 2 is 2.12 bits per heavy atom. The zero-order valence-electron chi connectivity index (χ0n) is 10.1. The molecule has 17 heavy (non-hydrogen) atoms. The Morgan fingerprint density at radius 3 is 2.59 bits per heavy atom. The summed E-state index contributed by atoms with van der Waals surface area (Å²) in [5.74, 6) is -1.10. The van der Waals surface area contributed by atoms with Crippen LogP contribution in [0.3, 0.4) is 0 Å². The molecule has 5 nitrogen and oxygen atoms in total. The Balaban J connectivity index is 2.45. The first-order chi connectivity index (χ1) is 7.78. The zero-order valence-corrected chi connectivity index (χ0v) is 10.9. The van der Waals surface area contributed by atoms with Crippen LogP contribution in [-0.4, -0.2) is 22.0 Å². The highest BCUT2D eigenvalue weighted by Crippen LogP contribution is 2.18. The van der Waals surface area contributed by atoms with Crippen molar-refractivity contribution in [1.29, 1.82) is 0 Å². The lowest BCUT2D eigenvalue weighted by Crippen LogP contribution is -2.27. The van der Waals surface area contributed by atoms with Gasteiger partial charge in [0.15, 0.2) is 5.69 Å². The molecule has 0 unspecified atom stereocenters. The van der Waals surface area contributed by atoms with Crippen molar-refractivity contribution < 1.29 is 14.7 Å². The molecule has 0 bridgehead atoms. The third kappa shape index (κ3) is 4.95. The summed E-state index contributed by atoms with van der Waals surface area (Å²) < 4.78 is 0. The maximum Gasteiger partial charge on any atom is 0.355 e. The van der Waals surface area contributed by atoms with Crippen molar-refractivity contribution in [2.45, 2.75) is 33.7 Å². The predicted octanol–water partition coefficient (Wildman–Crippen LogP) is 1.89. The highest BCUT2D eigenvalue weighted by atomic mass is 32.1. The molecule has 1 amide bonds. The Bertz CT molecular complexity index is 421. The number of rotatable bonds is 4. The summed E-state index contributed by atoms with van der Waals surface area (Å²) in [7, 11) is 0. The second-order valence-corrected chi connectivity index (χ2v) is 5.89. The van der Waals surface area contributed by atoms with Crippen molar-refractivity contribution in [2.24, 2.45) is 5.41 Å².